The Morgan fingerprint density at radius 3 is 2.50 bits per heavy atom. The van der Waals surface area contributed by atoms with Crippen LogP contribution < -0.4 is 4.90 Å². The van der Waals surface area contributed by atoms with Crippen LogP contribution >= 0.6 is 27.7 Å². The van der Waals surface area contributed by atoms with E-state index in [9.17, 15) is 9.59 Å². The summed E-state index contributed by atoms with van der Waals surface area (Å²) in [6.45, 7) is 0. The van der Waals surface area contributed by atoms with E-state index in [0.29, 0.717) is 11.6 Å². The summed E-state index contributed by atoms with van der Waals surface area (Å²) in [4.78, 5) is 26.2. The fourth-order valence-electron chi connectivity index (χ4n) is 2.63. The highest BCUT2D eigenvalue weighted by Crippen LogP contribution is 2.34. The maximum atomic E-state index is 12.7. The third-order valence-electron chi connectivity index (χ3n) is 3.86. The lowest BCUT2D eigenvalue weighted by molar-refractivity contribution is -0.121. The van der Waals surface area contributed by atoms with E-state index in [0.717, 1.165) is 21.8 Å². The predicted octanol–water partition coefficient (Wildman–Crippen LogP) is 3.92. The number of halogens is 1. The number of anilines is 1. The van der Waals surface area contributed by atoms with Gasteiger partial charge in [-0.1, -0.05) is 45.9 Å². The van der Waals surface area contributed by atoms with Crippen LogP contribution in [0.4, 0.5) is 5.69 Å². The van der Waals surface area contributed by atoms with Crippen molar-refractivity contribution in [1.29, 1.82) is 0 Å². The van der Waals surface area contributed by atoms with Crippen molar-refractivity contribution in [2.24, 2.45) is 0 Å². The molecule has 1 unspecified atom stereocenters. The molecular weight excluding hydrogens is 418 g/mol. The van der Waals surface area contributed by atoms with Crippen LogP contribution in [0.3, 0.4) is 0 Å². The molecule has 2 aromatic carbocycles. The molecule has 0 spiro atoms. The zero-order chi connectivity index (χ0) is 18.1. The number of benzene rings is 2. The Hall–Kier alpha value is -2.45. The van der Waals surface area contributed by atoms with Crippen LogP contribution in [-0.2, 0) is 9.59 Å². The van der Waals surface area contributed by atoms with E-state index >= 15 is 0 Å². The molecule has 2 heterocycles. The highest BCUT2D eigenvalue weighted by molar-refractivity contribution is 9.10. The van der Waals surface area contributed by atoms with Gasteiger partial charge in [-0.15, -0.1) is 10.2 Å². The first kappa shape index (κ1) is 17.0. The van der Waals surface area contributed by atoms with Crippen molar-refractivity contribution in [2.75, 3.05) is 4.90 Å². The van der Waals surface area contributed by atoms with Crippen molar-refractivity contribution in [3.05, 3.63) is 59.1 Å². The summed E-state index contributed by atoms with van der Waals surface area (Å²) in [5.74, 6) is -0.131. The van der Waals surface area contributed by atoms with E-state index in [1.54, 1.807) is 24.3 Å². The summed E-state index contributed by atoms with van der Waals surface area (Å²) in [5, 5.41) is 7.69. The first-order valence-corrected chi connectivity index (χ1v) is 9.47. The second-order valence-electron chi connectivity index (χ2n) is 5.59. The molecule has 6 nitrogen and oxygen atoms in total. The van der Waals surface area contributed by atoms with Crippen LogP contribution in [0.2, 0.25) is 0 Å². The summed E-state index contributed by atoms with van der Waals surface area (Å²) in [5.41, 5.74) is 1.36. The van der Waals surface area contributed by atoms with Crippen LogP contribution in [-0.4, -0.2) is 27.3 Å². The van der Waals surface area contributed by atoms with Crippen molar-refractivity contribution in [2.45, 2.75) is 16.9 Å². The van der Waals surface area contributed by atoms with Crippen LogP contribution in [0.5, 0.6) is 0 Å². The molecule has 26 heavy (non-hydrogen) atoms. The smallest absolute Gasteiger partial charge is 0.277 e. The van der Waals surface area contributed by atoms with Gasteiger partial charge in [0, 0.05) is 16.5 Å². The zero-order valence-corrected chi connectivity index (χ0v) is 15.7. The molecule has 0 bridgehead atoms. The van der Waals surface area contributed by atoms with Crippen molar-refractivity contribution in [1.82, 2.24) is 10.2 Å². The van der Waals surface area contributed by atoms with Gasteiger partial charge in [-0.25, -0.2) is 4.90 Å². The molecule has 0 N–H and O–H groups in total. The van der Waals surface area contributed by atoms with Crippen molar-refractivity contribution in [3.63, 3.8) is 0 Å². The Balaban J connectivity index is 1.51. The van der Waals surface area contributed by atoms with Crippen LogP contribution in [0, 0.1) is 0 Å². The number of amides is 2. The third-order valence-corrected chi connectivity index (χ3v) is 5.41. The maximum absolute atomic E-state index is 12.7. The lowest BCUT2D eigenvalue weighted by atomic mass is 10.2. The summed E-state index contributed by atoms with van der Waals surface area (Å²) in [7, 11) is 0. The molecule has 1 aliphatic heterocycles. The van der Waals surface area contributed by atoms with E-state index in [-0.39, 0.29) is 23.5 Å². The second kappa shape index (κ2) is 7.05. The molecule has 8 heteroatoms. The highest BCUT2D eigenvalue weighted by atomic mass is 79.9. The van der Waals surface area contributed by atoms with Gasteiger partial charge < -0.3 is 4.42 Å². The summed E-state index contributed by atoms with van der Waals surface area (Å²) in [6, 6.07) is 16.4. The summed E-state index contributed by atoms with van der Waals surface area (Å²) < 4.78 is 6.50. The molecule has 4 rings (SSSR count). The lowest BCUT2D eigenvalue weighted by Gasteiger charge is -2.14. The molecule has 1 fully saturated rings. The van der Waals surface area contributed by atoms with E-state index in [2.05, 4.69) is 26.1 Å². The summed E-state index contributed by atoms with van der Waals surface area (Å²) >= 11 is 4.46. The third kappa shape index (κ3) is 3.30. The zero-order valence-electron chi connectivity index (χ0n) is 13.3. The van der Waals surface area contributed by atoms with Crippen molar-refractivity contribution in [3.8, 4) is 11.5 Å². The molecule has 1 aliphatic rings. The minimum absolute atomic E-state index is 0.0998. The van der Waals surface area contributed by atoms with Gasteiger partial charge in [-0.05, 0) is 36.4 Å². The first-order valence-electron chi connectivity index (χ1n) is 7.80. The number of imide groups is 1. The first-order chi connectivity index (χ1) is 12.6. The van der Waals surface area contributed by atoms with Gasteiger partial charge in [0.25, 0.3) is 5.22 Å². The molecule has 0 radical (unpaired) electrons. The van der Waals surface area contributed by atoms with Gasteiger partial charge in [0.05, 0.1) is 5.69 Å². The average molecular weight is 430 g/mol. The van der Waals surface area contributed by atoms with Gasteiger partial charge in [0.1, 0.15) is 5.25 Å². The van der Waals surface area contributed by atoms with Gasteiger partial charge in [0.2, 0.25) is 17.7 Å². The number of carbonyl (C=O) groups is 2. The van der Waals surface area contributed by atoms with Crippen LogP contribution in [0.25, 0.3) is 11.5 Å². The number of thioether (sulfide) groups is 1. The Kier molecular flexibility index (Phi) is 4.60. The van der Waals surface area contributed by atoms with Gasteiger partial charge >= 0.3 is 0 Å². The molecule has 1 atom stereocenters. The number of aromatic nitrogens is 2. The molecule has 3 aromatic rings. The van der Waals surface area contributed by atoms with Crippen molar-refractivity contribution < 1.29 is 14.0 Å². The number of nitrogens with zero attached hydrogens (tertiary/aromatic N) is 3. The standard InChI is InChI=1S/C18H12BrN3O3S/c19-12-6-8-13(9-7-12)22-15(23)10-14(17(22)24)26-18-21-20-16(25-18)11-4-2-1-3-5-11/h1-9,14H,10H2. The van der Waals surface area contributed by atoms with Crippen LogP contribution in [0.15, 0.2) is 68.7 Å². The molecule has 0 aliphatic carbocycles. The van der Waals surface area contributed by atoms with Gasteiger partial charge in [-0.2, -0.15) is 0 Å². The predicted molar refractivity (Wildman–Crippen MR) is 101 cm³/mol. The lowest BCUT2D eigenvalue weighted by Crippen LogP contribution is -2.31. The molecule has 130 valence electrons. The van der Waals surface area contributed by atoms with E-state index in [1.165, 1.54) is 4.90 Å². The number of rotatable bonds is 4. The largest absolute Gasteiger partial charge is 0.411 e. The Labute approximate surface area is 161 Å². The van der Waals surface area contributed by atoms with E-state index in [4.69, 9.17) is 4.42 Å². The maximum Gasteiger partial charge on any atom is 0.277 e. The van der Waals surface area contributed by atoms with Crippen LogP contribution in [0.1, 0.15) is 6.42 Å². The van der Waals surface area contributed by atoms with E-state index in [1.807, 2.05) is 30.3 Å². The topological polar surface area (TPSA) is 76.3 Å². The molecular formula is C18H12BrN3O3S. The number of carbonyl (C=O) groups excluding carboxylic acids is 2. The SMILES string of the molecule is O=C1CC(Sc2nnc(-c3ccccc3)o2)C(=O)N1c1ccc(Br)cc1. The fourth-order valence-corrected chi connectivity index (χ4v) is 3.79. The average Bonchev–Trinajstić information content (AvgIpc) is 3.22. The van der Waals surface area contributed by atoms with Crippen molar-refractivity contribution >= 4 is 45.2 Å². The monoisotopic (exact) mass is 429 g/mol. The molecule has 0 saturated carbocycles. The number of hydrogen-bond acceptors (Lipinski definition) is 6. The fraction of sp³-hybridized carbons (Fsp3) is 0.111. The number of hydrogen-bond donors (Lipinski definition) is 0. The quantitative estimate of drug-likeness (QED) is 0.584. The second-order valence-corrected chi connectivity index (χ2v) is 7.66. The minimum Gasteiger partial charge on any atom is -0.411 e. The molecule has 1 aromatic heterocycles. The minimum atomic E-state index is -0.574. The Morgan fingerprint density at radius 2 is 1.77 bits per heavy atom. The molecule has 2 amide bonds. The highest BCUT2D eigenvalue weighted by Gasteiger charge is 2.41. The van der Waals surface area contributed by atoms with E-state index < -0.39 is 5.25 Å². The Bertz CT molecular complexity index is 959. The van der Waals surface area contributed by atoms with Gasteiger partial charge in [-0.3, -0.25) is 9.59 Å². The van der Waals surface area contributed by atoms with Gasteiger partial charge in [0.15, 0.2) is 0 Å². The summed E-state index contributed by atoms with van der Waals surface area (Å²) in [6.07, 6.45) is 0.0998. The molecule has 1 saturated heterocycles. The normalized spacial score (nSPS) is 17.1. The Morgan fingerprint density at radius 1 is 1.04 bits per heavy atom.